The van der Waals surface area contributed by atoms with Crippen molar-refractivity contribution in [2.24, 2.45) is 0 Å². The molecule has 10 heteroatoms. The number of hydrogen-bond acceptors (Lipinski definition) is 7. The smallest absolute Gasteiger partial charge is 0.246 e. The topological polar surface area (TPSA) is 96.6 Å². The van der Waals surface area contributed by atoms with Gasteiger partial charge >= 0.3 is 0 Å². The van der Waals surface area contributed by atoms with Crippen LogP contribution in [-0.4, -0.2) is 48.2 Å². The van der Waals surface area contributed by atoms with Crippen molar-refractivity contribution < 1.29 is 17.7 Å². The first-order valence-electron chi connectivity index (χ1n) is 9.01. The van der Waals surface area contributed by atoms with Gasteiger partial charge in [-0.05, 0) is 37.4 Å². The van der Waals surface area contributed by atoms with Gasteiger partial charge in [-0.25, -0.2) is 8.42 Å². The molecule has 0 bridgehead atoms. The number of rotatable bonds is 8. The average Bonchev–Trinajstić information content (AvgIpc) is 3.37. The normalized spacial score (nSPS) is 12.5. The fourth-order valence-electron chi connectivity index (χ4n) is 2.98. The summed E-state index contributed by atoms with van der Waals surface area (Å²) in [6.45, 7) is 3.86. The summed E-state index contributed by atoms with van der Waals surface area (Å²) in [5, 5.41) is 5.87. The molecule has 2 aromatic heterocycles. The standard InChI is InChI=1S/C19H22N4O4S2/c1-4-22(13-17-20-18(21-27-17)16-11-8-12-28-16)19(24)14(2)23(29(3,25)26)15-9-6-5-7-10-15/h5-12,14H,4,13H2,1-3H3/t14-/m1/s1. The Bertz CT molecular complexity index is 1050. The maximum absolute atomic E-state index is 13.1. The summed E-state index contributed by atoms with van der Waals surface area (Å²) in [4.78, 5) is 19.8. The number of aromatic nitrogens is 2. The van der Waals surface area contributed by atoms with E-state index in [0.29, 0.717) is 23.9 Å². The van der Waals surface area contributed by atoms with Crippen LogP contribution >= 0.6 is 11.3 Å². The van der Waals surface area contributed by atoms with Gasteiger partial charge in [-0.15, -0.1) is 11.3 Å². The summed E-state index contributed by atoms with van der Waals surface area (Å²) < 4.78 is 31.2. The Balaban J connectivity index is 1.80. The second-order valence-electron chi connectivity index (χ2n) is 6.41. The van der Waals surface area contributed by atoms with Gasteiger partial charge < -0.3 is 9.42 Å². The van der Waals surface area contributed by atoms with E-state index in [1.807, 2.05) is 24.4 Å². The summed E-state index contributed by atoms with van der Waals surface area (Å²) in [5.41, 5.74) is 0.435. The molecule has 0 fully saturated rings. The van der Waals surface area contributed by atoms with E-state index in [0.717, 1.165) is 15.4 Å². The maximum atomic E-state index is 13.1. The van der Waals surface area contributed by atoms with Crippen LogP contribution in [0.5, 0.6) is 0 Å². The lowest BCUT2D eigenvalue weighted by Crippen LogP contribution is -2.49. The summed E-state index contributed by atoms with van der Waals surface area (Å²) in [6, 6.07) is 11.4. The Morgan fingerprint density at radius 3 is 2.52 bits per heavy atom. The van der Waals surface area contributed by atoms with Crippen LogP contribution in [0.25, 0.3) is 10.7 Å². The number of anilines is 1. The Labute approximate surface area is 173 Å². The highest BCUT2D eigenvalue weighted by Crippen LogP contribution is 2.23. The SMILES string of the molecule is CCN(Cc1nc(-c2cccs2)no1)C(=O)[C@@H](C)N(c1ccccc1)S(C)(=O)=O. The molecule has 0 spiro atoms. The fraction of sp³-hybridized carbons (Fsp3) is 0.316. The van der Waals surface area contributed by atoms with Gasteiger partial charge in [-0.2, -0.15) is 4.98 Å². The Morgan fingerprint density at radius 2 is 1.93 bits per heavy atom. The molecule has 154 valence electrons. The van der Waals surface area contributed by atoms with Crippen molar-refractivity contribution in [2.75, 3.05) is 17.1 Å². The second-order valence-corrected chi connectivity index (χ2v) is 9.22. The number of carbonyl (C=O) groups is 1. The molecule has 3 aromatic rings. The molecule has 0 saturated heterocycles. The lowest BCUT2D eigenvalue weighted by molar-refractivity contribution is -0.132. The van der Waals surface area contributed by atoms with Gasteiger partial charge in [0.15, 0.2) is 0 Å². The third kappa shape index (κ3) is 4.83. The Hall–Kier alpha value is -2.72. The minimum Gasteiger partial charge on any atom is -0.337 e. The molecule has 0 unspecified atom stereocenters. The van der Waals surface area contributed by atoms with Gasteiger partial charge in [0.05, 0.1) is 16.8 Å². The molecule has 1 amide bonds. The van der Waals surface area contributed by atoms with E-state index in [1.54, 1.807) is 37.3 Å². The lowest BCUT2D eigenvalue weighted by atomic mass is 10.2. The summed E-state index contributed by atoms with van der Waals surface area (Å²) in [5.74, 6) is 0.410. The predicted octanol–water partition coefficient (Wildman–Crippen LogP) is 3.00. The van der Waals surface area contributed by atoms with Gasteiger partial charge in [0.1, 0.15) is 12.6 Å². The largest absolute Gasteiger partial charge is 0.337 e. The van der Waals surface area contributed by atoms with Gasteiger partial charge in [0.2, 0.25) is 27.6 Å². The highest BCUT2D eigenvalue weighted by atomic mass is 32.2. The number of sulfonamides is 1. The average molecular weight is 435 g/mol. The van der Waals surface area contributed by atoms with Gasteiger partial charge in [-0.1, -0.05) is 29.4 Å². The number of nitrogens with zero attached hydrogens (tertiary/aromatic N) is 4. The van der Waals surface area contributed by atoms with Crippen molar-refractivity contribution in [3.8, 4) is 10.7 Å². The zero-order valence-electron chi connectivity index (χ0n) is 16.3. The van der Waals surface area contributed by atoms with E-state index in [-0.39, 0.29) is 12.5 Å². The lowest BCUT2D eigenvalue weighted by Gasteiger charge is -2.31. The third-order valence-corrected chi connectivity index (χ3v) is 6.41. The highest BCUT2D eigenvalue weighted by molar-refractivity contribution is 7.92. The number of thiophene rings is 1. The minimum atomic E-state index is -3.67. The zero-order valence-corrected chi connectivity index (χ0v) is 18.0. The Morgan fingerprint density at radius 1 is 1.21 bits per heavy atom. The van der Waals surface area contributed by atoms with Crippen LogP contribution in [0.3, 0.4) is 0 Å². The number of carbonyl (C=O) groups excluding carboxylic acids is 1. The molecular weight excluding hydrogens is 412 g/mol. The molecule has 0 saturated carbocycles. The van der Waals surface area contributed by atoms with Crippen LogP contribution in [0.4, 0.5) is 5.69 Å². The van der Waals surface area contributed by atoms with Crippen molar-refractivity contribution in [3.05, 3.63) is 53.7 Å². The van der Waals surface area contributed by atoms with Crippen molar-refractivity contribution in [1.82, 2.24) is 15.0 Å². The summed E-state index contributed by atoms with van der Waals surface area (Å²) in [7, 11) is -3.67. The fourth-order valence-corrected chi connectivity index (χ4v) is 4.79. The van der Waals surface area contributed by atoms with Crippen LogP contribution in [0.2, 0.25) is 0 Å². The van der Waals surface area contributed by atoms with Crippen LogP contribution in [0.1, 0.15) is 19.7 Å². The van der Waals surface area contributed by atoms with E-state index in [2.05, 4.69) is 10.1 Å². The number of para-hydroxylation sites is 1. The molecule has 8 nitrogen and oxygen atoms in total. The summed E-state index contributed by atoms with van der Waals surface area (Å²) in [6.07, 6.45) is 1.09. The van der Waals surface area contributed by atoms with Gasteiger partial charge in [-0.3, -0.25) is 9.10 Å². The maximum Gasteiger partial charge on any atom is 0.246 e. The van der Waals surface area contributed by atoms with Crippen molar-refractivity contribution in [2.45, 2.75) is 26.4 Å². The molecule has 0 aliphatic carbocycles. The first-order valence-corrected chi connectivity index (χ1v) is 11.7. The van der Waals surface area contributed by atoms with E-state index in [4.69, 9.17) is 4.52 Å². The van der Waals surface area contributed by atoms with Crippen LogP contribution in [0, 0.1) is 0 Å². The monoisotopic (exact) mass is 434 g/mol. The van der Waals surface area contributed by atoms with Gasteiger partial charge in [0, 0.05) is 6.54 Å². The van der Waals surface area contributed by atoms with Crippen LogP contribution in [0.15, 0.2) is 52.4 Å². The molecule has 2 heterocycles. The van der Waals surface area contributed by atoms with Crippen molar-refractivity contribution >= 4 is 33.0 Å². The van der Waals surface area contributed by atoms with Gasteiger partial charge in [0.25, 0.3) is 0 Å². The van der Waals surface area contributed by atoms with Crippen LogP contribution in [-0.2, 0) is 21.4 Å². The second kappa shape index (κ2) is 8.75. The molecule has 29 heavy (non-hydrogen) atoms. The minimum absolute atomic E-state index is 0.102. The first-order chi connectivity index (χ1) is 13.8. The molecule has 0 radical (unpaired) electrons. The molecule has 3 rings (SSSR count). The quantitative estimate of drug-likeness (QED) is 0.541. The van der Waals surface area contributed by atoms with E-state index in [9.17, 15) is 13.2 Å². The van der Waals surface area contributed by atoms with Crippen molar-refractivity contribution in [3.63, 3.8) is 0 Å². The Kier molecular flexibility index (Phi) is 6.33. The zero-order chi connectivity index (χ0) is 21.0. The number of hydrogen-bond donors (Lipinski definition) is 0. The van der Waals surface area contributed by atoms with E-state index >= 15 is 0 Å². The molecular formula is C19H22N4O4S2. The number of likely N-dealkylation sites (N-methyl/N-ethyl adjacent to an activating group) is 1. The highest BCUT2D eigenvalue weighted by Gasteiger charge is 2.32. The molecule has 0 N–H and O–H groups in total. The van der Waals surface area contributed by atoms with E-state index in [1.165, 1.54) is 16.2 Å². The molecule has 1 atom stereocenters. The van der Waals surface area contributed by atoms with Crippen molar-refractivity contribution in [1.29, 1.82) is 0 Å². The molecule has 0 aliphatic heterocycles. The summed E-state index contributed by atoms with van der Waals surface area (Å²) >= 11 is 1.49. The molecule has 0 aliphatic rings. The first kappa shape index (κ1) is 21.0. The number of benzene rings is 1. The predicted molar refractivity (Wildman–Crippen MR) is 112 cm³/mol. The number of amides is 1. The third-order valence-electron chi connectivity index (χ3n) is 4.31. The molecule has 1 aromatic carbocycles. The van der Waals surface area contributed by atoms with Crippen LogP contribution < -0.4 is 4.31 Å². The van der Waals surface area contributed by atoms with E-state index < -0.39 is 16.1 Å².